The number of amides is 1. The maximum Gasteiger partial charge on any atom is 0.236 e. The van der Waals surface area contributed by atoms with E-state index in [1.165, 1.54) is 0 Å². The average molecular weight is 310 g/mol. The van der Waals surface area contributed by atoms with Crippen LogP contribution in [0.2, 0.25) is 0 Å². The van der Waals surface area contributed by atoms with Crippen molar-refractivity contribution < 1.29 is 4.79 Å². The zero-order valence-electron chi connectivity index (χ0n) is 13.1. The number of piperidine rings is 1. The minimum absolute atomic E-state index is 0.0774. The molecule has 1 atom stereocenters. The van der Waals surface area contributed by atoms with Crippen molar-refractivity contribution in [1.82, 2.24) is 15.6 Å². The minimum atomic E-state index is -0.0774. The highest BCUT2D eigenvalue weighted by atomic mass is 32.1. The molecule has 0 aromatic carbocycles. The molecule has 0 bridgehead atoms. The summed E-state index contributed by atoms with van der Waals surface area (Å²) in [4.78, 5) is 18.7. The van der Waals surface area contributed by atoms with Crippen LogP contribution in [0.25, 0.3) is 0 Å². The first-order valence-corrected chi connectivity index (χ1v) is 8.60. The van der Waals surface area contributed by atoms with Crippen molar-refractivity contribution in [3.63, 3.8) is 0 Å². The summed E-state index contributed by atoms with van der Waals surface area (Å²) in [5.41, 5.74) is 0. The summed E-state index contributed by atoms with van der Waals surface area (Å²) in [6.07, 6.45) is 4.86. The maximum absolute atomic E-state index is 12.0. The van der Waals surface area contributed by atoms with Crippen LogP contribution in [0.3, 0.4) is 0 Å². The van der Waals surface area contributed by atoms with Crippen molar-refractivity contribution in [1.29, 1.82) is 0 Å². The number of carbonyl (C=O) groups excluding carboxylic acids is 1. The van der Waals surface area contributed by atoms with Gasteiger partial charge in [-0.1, -0.05) is 13.8 Å². The van der Waals surface area contributed by atoms with Gasteiger partial charge in [0.15, 0.2) is 5.13 Å². The number of carbonyl (C=O) groups is 1. The molecule has 0 aliphatic carbocycles. The normalized spacial score (nSPS) is 18.0. The van der Waals surface area contributed by atoms with Gasteiger partial charge in [0.1, 0.15) is 0 Å². The molecule has 5 nitrogen and oxygen atoms in total. The van der Waals surface area contributed by atoms with E-state index in [-0.39, 0.29) is 11.9 Å². The molecule has 1 amide bonds. The molecule has 1 aromatic rings. The number of rotatable bonds is 6. The van der Waals surface area contributed by atoms with Crippen molar-refractivity contribution in [3.8, 4) is 0 Å². The van der Waals surface area contributed by atoms with Gasteiger partial charge in [-0.2, -0.15) is 0 Å². The Morgan fingerprint density at radius 2 is 2.19 bits per heavy atom. The maximum atomic E-state index is 12.0. The van der Waals surface area contributed by atoms with Gasteiger partial charge in [-0.25, -0.2) is 4.98 Å². The van der Waals surface area contributed by atoms with Crippen LogP contribution in [0.1, 0.15) is 33.1 Å². The number of thiazole rings is 1. The Morgan fingerprint density at radius 1 is 1.48 bits per heavy atom. The summed E-state index contributed by atoms with van der Waals surface area (Å²) in [5.74, 6) is 0.612. The molecule has 2 rings (SSSR count). The topological polar surface area (TPSA) is 57.3 Å². The largest absolute Gasteiger partial charge is 0.358 e. The van der Waals surface area contributed by atoms with Crippen molar-refractivity contribution >= 4 is 22.4 Å². The first kappa shape index (κ1) is 16.2. The monoisotopic (exact) mass is 310 g/mol. The lowest BCUT2D eigenvalue weighted by Gasteiger charge is -2.34. The van der Waals surface area contributed by atoms with E-state index in [1.807, 2.05) is 11.6 Å². The van der Waals surface area contributed by atoms with Crippen molar-refractivity contribution in [2.24, 2.45) is 5.92 Å². The third-order valence-electron chi connectivity index (χ3n) is 3.89. The van der Waals surface area contributed by atoms with Gasteiger partial charge >= 0.3 is 0 Å². The van der Waals surface area contributed by atoms with Crippen LogP contribution in [0, 0.1) is 5.92 Å². The number of hydrogen-bond donors (Lipinski definition) is 2. The second-order valence-electron chi connectivity index (χ2n) is 6.04. The fourth-order valence-corrected chi connectivity index (χ4v) is 3.49. The second-order valence-corrected chi connectivity index (χ2v) is 6.91. The summed E-state index contributed by atoms with van der Waals surface area (Å²) in [6, 6.07) is 0.341. The Labute approximate surface area is 131 Å². The molecular weight excluding hydrogens is 284 g/mol. The first-order chi connectivity index (χ1) is 10.1. The zero-order chi connectivity index (χ0) is 15.2. The van der Waals surface area contributed by atoms with Crippen LogP contribution in [0.5, 0.6) is 0 Å². The molecular formula is C15H26N4OS. The molecule has 0 saturated carbocycles. The Hall–Kier alpha value is -1.14. The fourth-order valence-electron chi connectivity index (χ4n) is 2.79. The summed E-state index contributed by atoms with van der Waals surface area (Å²) in [6.45, 7) is 6.33. The van der Waals surface area contributed by atoms with Crippen LogP contribution in [-0.2, 0) is 4.79 Å². The lowest BCUT2D eigenvalue weighted by Crippen LogP contribution is -2.51. The summed E-state index contributed by atoms with van der Waals surface area (Å²) < 4.78 is 0. The van der Waals surface area contributed by atoms with E-state index in [9.17, 15) is 4.79 Å². The van der Waals surface area contributed by atoms with Crippen molar-refractivity contribution in [3.05, 3.63) is 11.6 Å². The third-order valence-corrected chi connectivity index (χ3v) is 4.72. The van der Waals surface area contributed by atoms with E-state index in [1.54, 1.807) is 18.4 Å². The molecule has 1 aliphatic heterocycles. The second kappa shape index (κ2) is 7.75. The number of aromatic nitrogens is 1. The molecule has 2 N–H and O–H groups in total. The molecule has 1 fully saturated rings. The molecule has 0 spiro atoms. The molecule has 118 valence electrons. The van der Waals surface area contributed by atoms with E-state index in [4.69, 9.17) is 0 Å². The molecule has 1 aromatic heterocycles. The number of hydrogen-bond acceptors (Lipinski definition) is 5. The van der Waals surface area contributed by atoms with Crippen LogP contribution in [0.15, 0.2) is 11.6 Å². The van der Waals surface area contributed by atoms with Crippen molar-refractivity contribution in [2.45, 2.75) is 45.2 Å². The summed E-state index contributed by atoms with van der Waals surface area (Å²) in [5, 5.41) is 9.45. The van der Waals surface area contributed by atoms with Crippen LogP contribution < -0.4 is 15.5 Å². The lowest BCUT2D eigenvalue weighted by atomic mass is 9.99. The third kappa shape index (κ3) is 4.68. The molecule has 0 unspecified atom stereocenters. The molecule has 2 heterocycles. The van der Waals surface area contributed by atoms with E-state index < -0.39 is 0 Å². The van der Waals surface area contributed by atoms with E-state index in [0.29, 0.717) is 12.0 Å². The highest BCUT2D eigenvalue weighted by Crippen LogP contribution is 2.22. The van der Waals surface area contributed by atoms with E-state index in [0.717, 1.165) is 37.5 Å². The molecule has 0 radical (unpaired) electrons. The Balaban J connectivity index is 1.84. The molecule has 21 heavy (non-hydrogen) atoms. The number of nitrogens with one attached hydrogen (secondary N) is 2. The first-order valence-electron chi connectivity index (χ1n) is 7.72. The van der Waals surface area contributed by atoms with Crippen LogP contribution in [0.4, 0.5) is 5.13 Å². The van der Waals surface area contributed by atoms with Gasteiger partial charge in [-0.05, 0) is 25.2 Å². The van der Waals surface area contributed by atoms with Gasteiger partial charge in [0.05, 0.1) is 6.04 Å². The van der Waals surface area contributed by atoms with Gasteiger partial charge in [0.25, 0.3) is 0 Å². The van der Waals surface area contributed by atoms with E-state index in [2.05, 4.69) is 34.4 Å². The average Bonchev–Trinajstić information content (AvgIpc) is 3.00. The van der Waals surface area contributed by atoms with Gasteiger partial charge in [0, 0.05) is 37.8 Å². The predicted molar refractivity (Wildman–Crippen MR) is 87.8 cm³/mol. The van der Waals surface area contributed by atoms with Crippen LogP contribution >= 0.6 is 11.3 Å². The smallest absolute Gasteiger partial charge is 0.236 e. The van der Waals surface area contributed by atoms with Gasteiger partial charge < -0.3 is 15.5 Å². The molecule has 6 heteroatoms. The summed E-state index contributed by atoms with van der Waals surface area (Å²) in [7, 11) is 1.71. The van der Waals surface area contributed by atoms with Gasteiger partial charge in [-0.15, -0.1) is 11.3 Å². The van der Waals surface area contributed by atoms with Crippen LogP contribution in [-0.4, -0.2) is 43.1 Å². The fraction of sp³-hybridized carbons (Fsp3) is 0.733. The zero-order valence-corrected chi connectivity index (χ0v) is 13.9. The minimum Gasteiger partial charge on any atom is -0.358 e. The number of nitrogens with zero attached hydrogens (tertiary/aromatic N) is 2. The highest BCUT2D eigenvalue weighted by Gasteiger charge is 2.26. The highest BCUT2D eigenvalue weighted by molar-refractivity contribution is 7.13. The van der Waals surface area contributed by atoms with Gasteiger partial charge in [-0.3, -0.25) is 4.79 Å². The predicted octanol–water partition coefficient (Wildman–Crippen LogP) is 1.86. The number of likely N-dealkylation sites (N-methyl/N-ethyl adjacent to an activating group) is 1. The summed E-state index contributed by atoms with van der Waals surface area (Å²) >= 11 is 1.69. The SMILES string of the molecule is CNC(=O)[C@H](CC(C)C)NC1CCN(c2nccs2)CC1. The standard InChI is InChI=1S/C15H26N4OS/c1-11(2)10-13(14(20)16-3)18-12-4-7-19(8-5-12)15-17-6-9-21-15/h6,9,11-13,18H,4-5,7-8,10H2,1-3H3,(H,16,20)/t13-/m0/s1. The molecule has 1 aliphatic rings. The Bertz CT molecular complexity index is 427. The Morgan fingerprint density at radius 3 is 2.71 bits per heavy atom. The number of anilines is 1. The lowest BCUT2D eigenvalue weighted by molar-refractivity contribution is -0.123. The Kier molecular flexibility index (Phi) is 5.99. The van der Waals surface area contributed by atoms with E-state index >= 15 is 0 Å². The quantitative estimate of drug-likeness (QED) is 0.842. The molecule has 1 saturated heterocycles. The van der Waals surface area contributed by atoms with Gasteiger partial charge in [0.2, 0.25) is 5.91 Å². The van der Waals surface area contributed by atoms with Crippen molar-refractivity contribution in [2.75, 3.05) is 25.0 Å².